The summed E-state index contributed by atoms with van der Waals surface area (Å²) < 4.78 is 6.42. The third-order valence-electron chi connectivity index (χ3n) is 9.19. The lowest BCUT2D eigenvalue weighted by molar-refractivity contribution is -0.136. The summed E-state index contributed by atoms with van der Waals surface area (Å²) in [7, 11) is 1.90. The van der Waals surface area contributed by atoms with Crippen molar-refractivity contribution in [2.45, 2.75) is 69.1 Å². The number of amides is 3. The molecule has 220 valence electrons. The van der Waals surface area contributed by atoms with Gasteiger partial charge in [-0.1, -0.05) is 0 Å². The fraction of sp³-hybridized carbons (Fsp3) is 0.533. The quantitative estimate of drug-likeness (QED) is 0.497. The van der Waals surface area contributed by atoms with Gasteiger partial charge in [0, 0.05) is 37.8 Å². The molecule has 4 fully saturated rings. The molecule has 3 aliphatic carbocycles. The molecule has 2 bridgehead atoms. The van der Waals surface area contributed by atoms with Gasteiger partial charge in [0.1, 0.15) is 40.3 Å². The maximum atomic E-state index is 13.5. The molecule has 2 aromatic heterocycles. The number of pyridine rings is 2. The van der Waals surface area contributed by atoms with Crippen molar-refractivity contribution in [1.29, 1.82) is 5.26 Å². The molecule has 0 aromatic carbocycles. The number of nitriles is 1. The van der Waals surface area contributed by atoms with Crippen LogP contribution < -0.4 is 15.0 Å². The molecule has 0 unspecified atom stereocenters. The second-order valence-electron chi connectivity index (χ2n) is 12.1. The zero-order chi connectivity index (χ0) is 29.5. The number of anilines is 2. The van der Waals surface area contributed by atoms with Gasteiger partial charge in [-0.2, -0.15) is 5.26 Å². The van der Waals surface area contributed by atoms with Crippen molar-refractivity contribution in [2.75, 3.05) is 43.4 Å². The predicted octanol–water partition coefficient (Wildman–Crippen LogP) is 2.64. The van der Waals surface area contributed by atoms with E-state index in [2.05, 4.69) is 21.4 Å². The molecule has 4 heterocycles. The van der Waals surface area contributed by atoms with Crippen LogP contribution in [0.15, 0.2) is 18.3 Å². The van der Waals surface area contributed by atoms with Crippen LogP contribution in [-0.4, -0.2) is 87.5 Å². The standard InChI is InChI=1S/C30H35N7O5/c1-35-11-12-36(26(39)18-35)17-21-13-20-3-2-10-37(27(20)33-23(21)19-38)28(40)34-25-14-24(22(15-31)16-32-25)42-30-7-4-29(41,5-8-30)6-9-30/h13-14,16,19,41H,2-12,17-18H2,1H3,(H,32,34,40). The Balaban J connectivity index is 1.20. The van der Waals surface area contributed by atoms with E-state index in [0.717, 1.165) is 12.1 Å². The van der Waals surface area contributed by atoms with Crippen LogP contribution in [0.1, 0.15) is 72.1 Å². The number of likely N-dealkylation sites (N-methyl/N-ethyl adjacent to an activating group) is 1. The van der Waals surface area contributed by atoms with Gasteiger partial charge in [0.05, 0.1) is 18.3 Å². The smallest absolute Gasteiger partial charge is 0.328 e. The Morgan fingerprint density at radius 3 is 2.64 bits per heavy atom. The maximum Gasteiger partial charge on any atom is 0.328 e. The number of aliphatic hydroxyl groups is 1. The summed E-state index contributed by atoms with van der Waals surface area (Å²) in [6.45, 7) is 2.38. The molecule has 1 saturated heterocycles. The van der Waals surface area contributed by atoms with Crippen LogP contribution in [0, 0.1) is 11.3 Å². The largest absolute Gasteiger partial charge is 0.486 e. The Bertz CT molecular complexity index is 1450. The Labute approximate surface area is 244 Å². The fourth-order valence-corrected chi connectivity index (χ4v) is 6.55. The summed E-state index contributed by atoms with van der Waals surface area (Å²) in [4.78, 5) is 52.1. The minimum atomic E-state index is -0.605. The van der Waals surface area contributed by atoms with E-state index in [1.54, 1.807) is 11.0 Å². The number of nitrogens with zero attached hydrogens (tertiary/aromatic N) is 6. The number of carbonyl (C=O) groups is 3. The first-order chi connectivity index (χ1) is 20.2. The molecule has 0 spiro atoms. The summed E-state index contributed by atoms with van der Waals surface area (Å²) >= 11 is 0. The SMILES string of the molecule is CN1CCN(Cc2cc3c(nc2C=O)N(C(=O)Nc2cc(OC45CCC(O)(CC4)CC5)c(C#N)cn2)CCC3)C(=O)C1. The van der Waals surface area contributed by atoms with Crippen LogP contribution >= 0.6 is 0 Å². The van der Waals surface area contributed by atoms with Crippen LogP contribution in [0.5, 0.6) is 5.75 Å². The molecule has 5 aliphatic rings. The maximum absolute atomic E-state index is 13.5. The number of urea groups is 1. The highest BCUT2D eigenvalue weighted by Crippen LogP contribution is 2.49. The summed E-state index contributed by atoms with van der Waals surface area (Å²) in [5.41, 5.74) is 0.948. The van der Waals surface area contributed by atoms with Crippen molar-refractivity contribution in [3.63, 3.8) is 0 Å². The van der Waals surface area contributed by atoms with Gasteiger partial charge < -0.3 is 14.7 Å². The highest BCUT2D eigenvalue weighted by molar-refractivity contribution is 6.01. The first kappa shape index (κ1) is 28.1. The van der Waals surface area contributed by atoms with Crippen molar-refractivity contribution in [1.82, 2.24) is 19.8 Å². The van der Waals surface area contributed by atoms with Crippen LogP contribution in [0.4, 0.5) is 16.4 Å². The average molecular weight is 574 g/mol. The van der Waals surface area contributed by atoms with Gasteiger partial charge in [0.25, 0.3) is 0 Å². The summed E-state index contributed by atoms with van der Waals surface area (Å²) in [5.74, 6) is 1.01. The summed E-state index contributed by atoms with van der Waals surface area (Å²) in [6.07, 6.45) is 7.59. The molecule has 0 atom stereocenters. The third-order valence-corrected chi connectivity index (χ3v) is 9.19. The molecule has 12 nitrogen and oxygen atoms in total. The van der Waals surface area contributed by atoms with Gasteiger partial charge in [-0.3, -0.25) is 24.7 Å². The number of piperazine rings is 1. The van der Waals surface area contributed by atoms with Crippen molar-refractivity contribution in [3.05, 3.63) is 40.7 Å². The monoisotopic (exact) mass is 573 g/mol. The molecule has 7 rings (SSSR count). The molecular formula is C30H35N7O5. The Hall–Kier alpha value is -4.08. The lowest BCUT2D eigenvalue weighted by atomic mass is 9.65. The average Bonchev–Trinajstić information content (AvgIpc) is 2.99. The van der Waals surface area contributed by atoms with E-state index < -0.39 is 17.2 Å². The number of aryl methyl sites for hydroxylation is 1. The van der Waals surface area contributed by atoms with E-state index >= 15 is 0 Å². The zero-order valence-electron chi connectivity index (χ0n) is 23.8. The number of aldehydes is 1. The van der Waals surface area contributed by atoms with Crippen molar-refractivity contribution in [2.24, 2.45) is 0 Å². The number of rotatable bonds is 6. The predicted molar refractivity (Wildman–Crippen MR) is 152 cm³/mol. The number of fused-ring (bicyclic) bond motifs is 4. The second-order valence-corrected chi connectivity index (χ2v) is 12.1. The number of ether oxygens (including phenoxy) is 1. The van der Waals surface area contributed by atoms with Crippen molar-refractivity contribution < 1.29 is 24.2 Å². The number of hydrogen-bond acceptors (Lipinski definition) is 9. The summed E-state index contributed by atoms with van der Waals surface area (Å²) in [6, 6.07) is 5.13. The lowest BCUT2D eigenvalue weighted by Crippen LogP contribution is -2.52. The number of nitrogens with one attached hydrogen (secondary N) is 1. The Morgan fingerprint density at radius 1 is 1.19 bits per heavy atom. The third kappa shape index (κ3) is 5.42. The van der Waals surface area contributed by atoms with Crippen LogP contribution in [-0.2, 0) is 17.8 Å². The van der Waals surface area contributed by atoms with Gasteiger partial charge >= 0.3 is 6.03 Å². The molecule has 2 aliphatic heterocycles. The molecule has 12 heteroatoms. The number of aromatic nitrogens is 2. The molecule has 2 aromatic rings. The second kappa shape index (κ2) is 11.0. The van der Waals surface area contributed by atoms with Crippen LogP contribution in [0.2, 0.25) is 0 Å². The number of hydrogen-bond donors (Lipinski definition) is 2. The molecule has 0 radical (unpaired) electrons. The molecular weight excluding hydrogens is 538 g/mol. The van der Waals surface area contributed by atoms with Gasteiger partial charge in [0.2, 0.25) is 5.91 Å². The minimum Gasteiger partial charge on any atom is -0.486 e. The van der Waals surface area contributed by atoms with E-state index in [1.165, 1.54) is 11.1 Å². The first-order valence-electron chi connectivity index (χ1n) is 14.5. The molecule has 42 heavy (non-hydrogen) atoms. The first-order valence-corrected chi connectivity index (χ1v) is 14.5. The number of carbonyl (C=O) groups excluding carboxylic acids is 3. The van der Waals surface area contributed by atoms with E-state index in [-0.39, 0.29) is 23.0 Å². The van der Waals surface area contributed by atoms with Gasteiger partial charge in [-0.25, -0.2) is 14.8 Å². The van der Waals surface area contributed by atoms with Gasteiger partial charge in [0.15, 0.2) is 6.29 Å². The molecule has 3 amide bonds. The minimum absolute atomic E-state index is 0.00525. The van der Waals surface area contributed by atoms with Crippen LogP contribution in [0.25, 0.3) is 0 Å². The normalized spacial score (nSPS) is 25.5. The zero-order valence-corrected chi connectivity index (χ0v) is 23.8. The summed E-state index contributed by atoms with van der Waals surface area (Å²) in [5, 5.41) is 23.1. The molecule has 2 N–H and O–H groups in total. The van der Waals surface area contributed by atoms with E-state index in [1.807, 2.05) is 18.0 Å². The Kier molecular flexibility index (Phi) is 7.32. The van der Waals surface area contributed by atoms with Gasteiger partial charge in [-0.05, 0) is 70.0 Å². The van der Waals surface area contributed by atoms with Crippen molar-refractivity contribution in [3.8, 4) is 11.8 Å². The van der Waals surface area contributed by atoms with Crippen LogP contribution in [0.3, 0.4) is 0 Å². The molecule has 3 saturated carbocycles. The lowest BCUT2D eigenvalue weighted by Gasteiger charge is -2.50. The van der Waals surface area contributed by atoms with E-state index in [0.29, 0.717) is 101 Å². The highest BCUT2D eigenvalue weighted by atomic mass is 16.5. The Morgan fingerprint density at radius 2 is 1.95 bits per heavy atom. The highest BCUT2D eigenvalue weighted by Gasteiger charge is 2.49. The van der Waals surface area contributed by atoms with E-state index in [4.69, 9.17) is 4.74 Å². The van der Waals surface area contributed by atoms with E-state index in [9.17, 15) is 24.8 Å². The van der Waals surface area contributed by atoms with Crippen molar-refractivity contribution >= 4 is 29.9 Å². The van der Waals surface area contributed by atoms with Gasteiger partial charge in [-0.15, -0.1) is 0 Å². The topological polar surface area (TPSA) is 152 Å². The fourth-order valence-electron chi connectivity index (χ4n) is 6.55.